The number of benzene rings is 2. The van der Waals surface area contributed by atoms with E-state index < -0.39 is 35.5 Å². The summed E-state index contributed by atoms with van der Waals surface area (Å²) >= 11 is 9.73. The molecule has 0 amide bonds. The molecule has 6 nitrogen and oxygen atoms in total. The van der Waals surface area contributed by atoms with Gasteiger partial charge in [0.05, 0.1) is 41.7 Å². The van der Waals surface area contributed by atoms with Gasteiger partial charge in [-0.05, 0) is 47.1 Å². The van der Waals surface area contributed by atoms with Crippen molar-refractivity contribution in [2.45, 2.75) is 6.92 Å². The number of nitrogens with one attached hydrogen (secondary N) is 1. The highest BCUT2D eigenvalue weighted by atomic mass is 79.9. The number of halogens is 4. The predicted molar refractivity (Wildman–Crippen MR) is 113 cm³/mol. The third kappa shape index (κ3) is 4.13. The van der Waals surface area contributed by atoms with Gasteiger partial charge in [0.25, 0.3) is 5.78 Å². The monoisotopic (exact) mass is 497 g/mol. The lowest BCUT2D eigenvalue weighted by atomic mass is 9.99. The molecule has 0 aromatic heterocycles. The molecule has 0 atom stereocenters. The Morgan fingerprint density at radius 3 is 2.53 bits per heavy atom. The van der Waals surface area contributed by atoms with E-state index in [-0.39, 0.29) is 41.0 Å². The molecule has 2 aromatic rings. The molecule has 0 fully saturated rings. The number of benzodiazepines with no additional fused rings is 1. The number of esters is 1. The molecular formula is C20H15BrClF2N3O3. The molecular weight excluding hydrogens is 484 g/mol. The number of carbonyl (C=O) groups excluding carboxylic acids is 2. The van der Waals surface area contributed by atoms with E-state index in [1.54, 1.807) is 13.0 Å². The van der Waals surface area contributed by atoms with E-state index >= 15 is 0 Å². The van der Waals surface area contributed by atoms with Crippen molar-refractivity contribution in [3.05, 3.63) is 62.6 Å². The van der Waals surface area contributed by atoms with Crippen LogP contribution in [0, 0.1) is 17.0 Å². The largest absolute Gasteiger partial charge is 0.460 e. The van der Waals surface area contributed by atoms with Gasteiger partial charge in [0, 0.05) is 10.0 Å². The van der Waals surface area contributed by atoms with Crippen LogP contribution < -0.4 is 4.90 Å². The number of hydrogen-bond acceptors (Lipinski definition) is 5. The quantitative estimate of drug-likeness (QED) is 0.496. The maximum Gasteiger partial charge on any atom is 0.376 e. The van der Waals surface area contributed by atoms with E-state index in [0.717, 1.165) is 12.1 Å². The van der Waals surface area contributed by atoms with Crippen molar-refractivity contribution in [1.82, 2.24) is 0 Å². The van der Waals surface area contributed by atoms with E-state index in [2.05, 4.69) is 20.9 Å². The fourth-order valence-electron chi connectivity index (χ4n) is 2.98. The number of anilines is 1. The molecule has 0 spiro atoms. The smallest absolute Gasteiger partial charge is 0.376 e. The van der Waals surface area contributed by atoms with Crippen LogP contribution in [-0.2, 0) is 14.3 Å². The Hall–Kier alpha value is -2.65. The van der Waals surface area contributed by atoms with Gasteiger partial charge >= 0.3 is 5.97 Å². The standard InChI is InChI=1S/C20H15BrClF2N3O3/c1-2-30-20(29)14(28)9-27-13-7-6-10(21)18(22)17(13)19(26-8-15(27)25)16-11(23)4-3-5-12(16)24/h3-7,25H,2,8-9H2,1H3. The fraction of sp³-hybridized carbons (Fsp3) is 0.200. The minimum Gasteiger partial charge on any atom is -0.460 e. The normalized spacial score (nSPS) is 13.4. The summed E-state index contributed by atoms with van der Waals surface area (Å²) in [7, 11) is 0. The zero-order valence-electron chi connectivity index (χ0n) is 15.6. The zero-order valence-corrected chi connectivity index (χ0v) is 18.0. The number of ketones is 1. The number of carbonyl (C=O) groups is 2. The van der Waals surface area contributed by atoms with Crippen LogP contribution in [0.15, 0.2) is 39.8 Å². The maximum absolute atomic E-state index is 14.5. The number of rotatable bonds is 5. The van der Waals surface area contributed by atoms with Gasteiger partial charge in [-0.15, -0.1) is 0 Å². The molecule has 1 heterocycles. The minimum absolute atomic E-state index is 0.0250. The summed E-state index contributed by atoms with van der Waals surface area (Å²) in [4.78, 5) is 29.5. The van der Waals surface area contributed by atoms with Crippen LogP contribution in [0.2, 0.25) is 5.02 Å². The van der Waals surface area contributed by atoms with Crippen LogP contribution in [0.25, 0.3) is 0 Å². The second-order valence-electron chi connectivity index (χ2n) is 6.19. The van der Waals surface area contributed by atoms with E-state index in [1.165, 1.54) is 17.0 Å². The number of Topliss-reactive ketones (excluding diaryl/α,β-unsaturated/α-hetero) is 1. The number of ether oxygens (including phenoxy) is 1. The first-order valence-electron chi connectivity index (χ1n) is 8.78. The van der Waals surface area contributed by atoms with Crippen molar-refractivity contribution in [2.75, 3.05) is 24.6 Å². The molecule has 0 bridgehead atoms. The van der Waals surface area contributed by atoms with Crippen molar-refractivity contribution in [3.8, 4) is 0 Å². The number of nitrogens with zero attached hydrogens (tertiary/aromatic N) is 2. The van der Waals surface area contributed by atoms with E-state index in [1.807, 2.05) is 0 Å². The van der Waals surface area contributed by atoms with E-state index in [0.29, 0.717) is 4.47 Å². The van der Waals surface area contributed by atoms with Gasteiger partial charge in [0.1, 0.15) is 17.5 Å². The summed E-state index contributed by atoms with van der Waals surface area (Å²) < 4.78 is 34.2. The Bertz CT molecular complexity index is 1070. The van der Waals surface area contributed by atoms with Crippen molar-refractivity contribution in [2.24, 2.45) is 4.99 Å². The Balaban J connectivity index is 2.18. The molecule has 2 aromatic carbocycles. The third-order valence-corrected chi connectivity index (χ3v) is 5.60. The van der Waals surface area contributed by atoms with Gasteiger partial charge in [-0.1, -0.05) is 17.7 Å². The summed E-state index contributed by atoms with van der Waals surface area (Å²) in [5.41, 5.74) is -0.147. The molecule has 1 N–H and O–H groups in total. The summed E-state index contributed by atoms with van der Waals surface area (Å²) in [5.74, 6) is -3.77. The Morgan fingerprint density at radius 2 is 1.90 bits per heavy atom. The van der Waals surface area contributed by atoms with Crippen LogP contribution in [0.5, 0.6) is 0 Å². The van der Waals surface area contributed by atoms with Gasteiger partial charge < -0.3 is 9.64 Å². The van der Waals surface area contributed by atoms with Gasteiger partial charge in [-0.25, -0.2) is 13.6 Å². The number of amidine groups is 1. The molecule has 0 saturated heterocycles. The molecule has 10 heteroatoms. The molecule has 30 heavy (non-hydrogen) atoms. The Kier molecular flexibility index (Phi) is 6.62. The maximum atomic E-state index is 14.5. The SMILES string of the molecule is CCOC(=O)C(=O)CN1C(=N)CN=C(c2c(F)cccc2F)c2c1ccc(Br)c2Cl. The summed E-state index contributed by atoms with van der Waals surface area (Å²) in [6.07, 6.45) is 0. The van der Waals surface area contributed by atoms with Gasteiger partial charge in [0.2, 0.25) is 0 Å². The van der Waals surface area contributed by atoms with Crippen LogP contribution >= 0.6 is 27.5 Å². The minimum atomic E-state index is -1.04. The highest BCUT2D eigenvalue weighted by molar-refractivity contribution is 9.10. The molecule has 0 saturated carbocycles. The molecule has 1 aliphatic heterocycles. The summed E-state index contributed by atoms with van der Waals surface area (Å²) in [5, 5.41) is 8.40. The number of hydrogen-bond donors (Lipinski definition) is 1. The molecule has 1 aliphatic rings. The zero-order chi connectivity index (χ0) is 22.0. The first-order chi connectivity index (χ1) is 14.3. The highest BCUT2D eigenvalue weighted by Gasteiger charge is 2.31. The van der Waals surface area contributed by atoms with Gasteiger partial charge in [-0.3, -0.25) is 15.2 Å². The van der Waals surface area contributed by atoms with E-state index in [9.17, 15) is 18.4 Å². The topological polar surface area (TPSA) is 82.8 Å². The second kappa shape index (κ2) is 9.01. The number of aliphatic imine (C=N–C) groups is 1. The average Bonchev–Trinajstić information content (AvgIpc) is 2.83. The predicted octanol–water partition coefficient (Wildman–Crippen LogP) is 4.15. The first-order valence-corrected chi connectivity index (χ1v) is 9.95. The Morgan fingerprint density at radius 1 is 1.23 bits per heavy atom. The van der Waals surface area contributed by atoms with Crippen LogP contribution in [0.1, 0.15) is 18.1 Å². The molecule has 156 valence electrons. The summed E-state index contributed by atoms with van der Waals surface area (Å²) in [6.45, 7) is 0.791. The second-order valence-corrected chi connectivity index (χ2v) is 7.43. The first kappa shape index (κ1) is 22.0. The van der Waals surface area contributed by atoms with Crippen LogP contribution in [-0.4, -0.2) is 43.0 Å². The molecule has 0 aliphatic carbocycles. The van der Waals surface area contributed by atoms with Crippen molar-refractivity contribution < 1.29 is 23.1 Å². The average molecular weight is 499 g/mol. The number of fused-ring (bicyclic) bond motifs is 1. The van der Waals surface area contributed by atoms with Crippen LogP contribution in [0.4, 0.5) is 14.5 Å². The lowest BCUT2D eigenvalue weighted by Crippen LogP contribution is -2.39. The Labute approximate surface area is 184 Å². The van der Waals surface area contributed by atoms with Gasteiger partial charge in [0.15, 0.2) is 0 Å². The molecule has 0 unspecified atom stereocenters. The summed E-state index contributed by atoms with van der Waals surface area (Å²) in [6, 6.07) is 6.49. The van der Waals surface area contributed by atoms with E-state index in [4.69, 9.17) is 21.7 Å². The highest BCUT2D eigenvalue weighted by Crippen LogP contribution is 2.38. The van der Waals surface area contributed by atoms with Crippen molar-refractivity contribution in [3.63, 3.8) is 0 Å². The molecule has 0 radical (unpaired) electrons. The van der Waals surface area contributed by atoms with Crippen molar-refractivity contribution in [1.29, 1.82) is 5.41 Å². The lowest BCUT2D eigenvalue weighted by molar-refractivity contribution is -0.152. The van der Waals surface area contributed by atoms with Crippen LogP contribution in [0.3, 0.4) is 0 Å². The third-order valence-electron chi connectivity index (χ3n) is 4.32. The van der Waals surface area contributed by atoms with Crippen molar-refractivity contribution >= 4 is 56.5 Å². The lowest BCUT2D eigenvalue weighted by Gasteiger charge is -2.25. The fourth-order valence-corrected chi connectivity index (χ4v) is 3.56. The van der Waals surface area contributed by atoms with Gasteiger partial charge in [-0.2, -0.15) is 0 Å². The molecule has 3 rings (SSSR count).